The molecule has 0 aliphatic carbocycles. The third-order valence-corrected chi connectivity index (χ3v) is 11.9. The third-order valence-electron chi connectivity index (χ3n) is 4.62. The molecule has 1 fully saturated rings. The van der Waals surface area contributed by atoms with E-state index in [0.717, 1.165) is 0 Å². The van der Waals surface area contributed by atoms with Gasteiger partial charge in [-0.2, -0.15) is 0 Å². The van der Waals surface area contributed by atoms with Gasteiger partial charge in [0.05, 0.1) is 8.07 Å². The largest absolute Gasteiger partial charge is 0.0686 e. The SMILES string of the molecule is CC1(C)C(C)(C)[Si]1(C)C. The van der Waals surface area contributed by atoms with E-state index in [1.165, 1.54) is 0 Å². The summed E-state index contributed by atoms with van der Waals surface area (Å²) in [6, 6.07) is 0. The van der Waals surface area contributed by atoms with Crippen LogP contribution in [-0.4, -0.2) is 8.07 Å². The van der Waals surface area contributed by atoms with Crippen LogP contribution in [0.5, 0.6) is 0 Å². The first kappa shape index (κ1) is 7.33. The summed E-state index contributed by atoms with van der Waals surface area (Å²) in [5.74, 6) is 0. The quantitative estimate of drug-likeness (QED) is 0.455. The minimum atomic E-state index is -0.816. The molecule has 1 aliphatic rings. The van der Waals surface area contributed by atoms with Gasteiger partial charge in [-0.05, 0) is 10.1 Å². The normalized spacial score (nSPS) is 34.0. The van der Waals surface area contributed by atoms with Gasteiger partial charge >= 0.3 is 0 Å². The van der Waals surface area contributed by atoms with Crippen LogP contribution in [0.25, 0.3) is 0 Å². The smallest absolute Gasteiger partial charge is 0.0592 e. The highest BCUT2D eigenvalue weighted by atomic mass is 28.3. The van der Waals surface area contributed by atoms with Gasteiger partial charge in [0.15, 0.2) is 0 Å². The highest BCUT2D eigenvalue weighted by Gasteiger charge is 2.72. The van der Waals surface area contributed by atoms with Crippen molar-refractivity contribution in [3.05, 3.63) is 0 Å². The summed E-state index contributed by atoms with van der Waals surface area (Å²) in [6.07, 6.45) is 0. The van der Waals surface area contributed by atoms with Crippen LogP contribution in [0.2, 0.25) is 23.2 Å². The lowest BCUT2D eigenvalue weighted by molar-refractivity contribution is 0.628. The van der Waals surface area contributed by atoms with Crippen molar-refractivity contribution in [2.45, 2.75) is 50.9 Å². The lowest BCUT2D eigenvalue weighted by Crippen LogP contribution is -2.08. The molecule has 0 unspecified atom stereocenters. The van der Waals surface area contributed by atoms with Gasteiger partial charge in [-0.25, -0.2) is 0 Å². The maximum absolute atomic E-state index is 2.49. The Morgan fingerprint density at radius 1 is 0.778 bits per heavy atom. The summed E-state index contributed by atoms with van der Waals surface area (Å²) in [4.78, 5) is 0. The standard InChI is InChI=1S/C8H18Si/c1-7(2)8(3,4)9(7,5)6/h1-6H3. The zero-order chi connectivity index (χ0) is 7.50. The second-order valence-corrected chi connectivity index (χ2v) is 10.6. The predicted octanol–water partition coefficient (Wildman–Crippen LogP) is 3.27. The van der Waals surface area contributed by atoms with Crippen LogP contribution in [0.1, 0.15) is 27.7 Å². The number of hydrogen-bond acceptors (Lipinski definition) is 0. The van der Waals surface area contributed by atoms with E-state index in [4.69, 9.17) is 0 Å². The van der Waals surface area contributed by atoms with Crippen LogP contribution >= 0.6 is 0 Å². The van der Waals surface area contributed by atoms with Gasteiger partial charge in [0.25, 0.3) is 0 Å². The summed E-state index contributed by atoms with van der Waals surface area (Å²) in [7, 11) is -0.816. The molecule has 0 amide bonds. The molecule has 0 saturated carbocycles. The minimum absolute atomic E-state index is 0.681. The Hall–Kier alpha value is 0.217. The zero-order valence-electron chi connectivity index (χ0n) is 7.50. The van der Waals surface area contributed by atoms with Crippen molar-refractivity contribution in [1.82, 2.24) is 0 Å². The fraction of sp³-hybridized carbons (Fsp3) is 1.00. The van der Waals surface area contributed by atoms with Crippen LogP contribution in [-0.2, 0) is 0 Å². The van der Waals surface area contributed by atoms with Gasteiger partial charge in [0, 0.05) is 0 Å². The molecule has 0 aromatic rings. The topological polar surface area (TPSA) is 0 Å². The molecule has 9 heavy (non-hydrogen) atoms. The molecule has 0 atom stereocenters. The summed E-state index contributed by atoms with van der Waals surface area (Å²) in [6.45, 7) is 14.6. The van der Waals surface area contributed by atoms with Crippen LogP contribution in [0, 0.1) is 0 Å². The van der Waals surface area contributed by atoms with Crippen LogP contribution in [0.3, 0.4) is 0 Å². The molecule has 1 heteroatoms. The molecule has 1 aliphatic heterocycles. The summed E-state index contributed by atoms with van der Waals surface area (Å²) in [5, 5.41) is 1.36. The van der Waals surface area contributed by atoms with Gasteiger partial charge in [0.1, 0.15) is 0 Å². The first-order chi connectivity index (χ1) is 3.75. The van der Waals surface area contributed by atoms with E-state index >= 15 is 0 Å². The number of rotatable bonds is 0. The molecular formula is C8H18Si. The van der Waals surface area contributed by atoms with Crippen LogP contribution < -0.4 is 0 Å². The molecule has 0 radical (unpaired) electrons. The molecule has 0 spiro atoms. The number of hydrogen-bond donors (Lipinski definition) is 0. The van der Waals surface area contributed by atoms with Crippen molar-refractivity contribution < 1.29 is 0 Å². The van der Waals surface area contributed by atoms with E-state index in [1.807, 2.05) is 0 Å². The summed E-state index contributed by atoms with van der Waals surface area (Å²) in [5.41, 5.74) is 0. The van der Waals surface area contributed by atoms with E-state index in [1.54, 1.807) is 0 Å². The second-order valence-electron chi connectivity index (χ2n) is 4.88. The van der Waals surface area contributed by atoms with Crippen molar-refractivity contribution in [2.75, 3.05) is 0 Å². The lowest BCUT2D eigenvalue weighted by Gasteiger charge is -2.04. The third kappa shape index (κ3) is 0.499. The molecule has 0 bridgehead atoms. The fourth-order valence-electron chi connectivity index (χ4n) is 1.88. The molecule has 1 saturated heterocycles. The molecule has 54 valence electrons. The van der Waals surface area contributed by atoms with Crippen molar-refractivity contribution >= 4 is 8.07 Å². The Kier molecular flexibility index (Phi) is 1.05. The highest BCUT2D eigenvalue weighted by molar-refractivity contribution is 6.94. The fourth-order valence-corrected chi connectivity index (χ4v) is 6.38. The van der Waals surface area contributed by atoms with Crippen molar-refractivity contribution in [3.63, 3.8) is 0 Å². The Morgan fingerprint density at radius 3 is 0.889 bits per heavy atom. The average molecular weight is 142 g/mol. The predicted molar refractivity (Wildman–Crippen MR) is 45.6 cm³/mol. The Labute approximate surface area is 59.7 Å². The molecule has 0 nitrogen and oxygen atoms in total. The van der Waals surface area contributed by atoms with E-state index in [0.29, 0.717) is 10.1 Å². The van der Waals surface area contributed by atoms with Gasteiger partial charge in [-0.1, -0.05) is 40.8 Å². The molecule has 1 heterocycles. The monoisotopic (exact) mass is 142 g/mol. The van der Waals surface area contributed by atoms with Crippen molar-refractivity contribution in [3.8, 4) is 0 Å². The van der Waals surface area contributed by atoms with Gasteiger partial charge in [-0.15, -0.1) is 0 Å². The Morgan fingerprint density at radius 2 is 0.889 bits per heavy atom. The maximum atomic E-state index is 2.49. The zero-order valence-corrected chi connectivity index (χ0v) is 8.50. The molecule has 1 rings (SSSR count). The Balaban J connectivity index is 2.91. The van der Waals surface area contributed by atoms with E-state index in [9.17, 15) is 0 Å². The molecule has 0 aromatic carbocycles. The summed E-state index contributed by atoms with van der Waals surface area (Å²) >= 11 is 0. The first-order valence-electron chi connectivity index (χ1n) is 3.75. The molecular weight excluding hydrogens is 124 g/mol. The Bertz CT molecular complexity index is 102. The van der Waals surface area contributed by atoms with Gasteiger partial charge < -0.3 is 0 Å². The van der Waals surface area contributed by atoms with E-state index in [2.05, 4.69) is 40.8 Å². The summed E-state index contributed by atoms with van der Waals surface area (Å²) < 4.78 is 0. The van der Waals surface area contributed by atoms with Crippen molar-refractivity contribution in [2.24, 2.45) is 0 Å². The van der Waals surface area contributed by atoms with Gasteiger partial charge in [-0.3, -0.25) is 0 Å². The first-order valence-corrected chi connectivity index (χ1v) is 6.75. The minimum Gasteiger partial charge on any atom is -0.0686 e. The lowest BCUT2D eigenvalue weighted by atomic mass is 10.0. The molecule has 0 aromatic heterocycles. The van der Waals surface area contributed by atoms with E-state index in [-0.39, 0.29) is 0 Å². The van der Waals surface area contributed by atoms with Gasteiger partial charge in [0.2, 0.25) is 0 Å². The second kappa shape index (κ2) is 1.29. The van der Waals surface area contributed by atoms with Crippen LogP contribution in [0.15, 0.2) is 0 Å². The van der Waals surface area contributed by atoms with Crippen molar-refractivity contribution in [1.29, 1.82) is 0 Å². The molecule has 0 N–H and O–H groups in total. The average Bonchev–Trinajstić information content (AvgIpc) is 1.84. The maximum Gasteiger partial charge on any atom is 0.0592 e. The van der Waals surface area contributed by atoms with Crippen LogP contribution in [0.4, 0.5) is 0 Å². The highest BCUT2D eigenvalue weighted by Crippen LogP contribution is 2.80. The van der Waals surface area contributed by atoms with E-state index < -0.39 is 8.07 Å².